The number of hydrogen-bond donors (Lipinski definition) is 2. The normalized spacial score (nSPS) is 10.4. The topological polar surface area (TPSA) is 55.1 Å². The third-order valence-corrected chi connectivity index (χ3v) is 3.08. The summed E-state index contributed by atoms with van der Waals surface area (Å²) < 4.78 is 26.1. The molecule has 0 aromatic heterocycles. The van der Waals surface area contributed by atoms with Crippen LogP contribution in [0.4, 0.5) is 14.5 Å². The number of rotatable bonds is 5. The molecule has 0 aliphatic heterocycles. The van der Waals surface area contributed by atoms with Crippen molar-refractivity contribution in [1.82, 2.24) is 5.32 Å². The molecular formula is C16H16F2N2O. The van der Waals surface area contributed by atoms with Crippen molar-refractivity contribution in [2.24, 2.45) is 0 Å². The number of carbonyl (C=O) groups is 1. The Labute approximate surface area is 121 Å². The number of benzene rings is 2. The zero-order valence-corrected chi connectivity index (χ0v) is 11.4. The predicted octanol–water partition coefficient (Wildman–Crippen LogP) is 2.80. The van der Waals surface area contributed by atoms with Gasteiger partial charge in [0.25, 0.3) is 0 Å². The Morgan fingerprint density at radius 3 is 2.67 bits per heavy atom. The molecule has 3 N–H and O–H groups in total. The molecule has 0 aliphatic rings. The SMILES string of the molecule is Nc1cccc(CCC(=O)NCc2ccc(F)cc2F)c1. The van der Waals surface area contributed by atoms with Crippen LogP contribution in [0, 0.1) is 11.6 Å². The first-order chi connectivity index (χ1) is 10.0. The molecule has 2 aromatic carbocycles. The van der Waals surface area contributed by atoms with Crippen LogP contribution in [0.2, 0.25) is 0 Å². The van der Waals surface area contributed by atoms with Gasteiger partial charge in [0, 0.05) is 30.3 Å². The molecule has 0 unspecified atom stereocenters. The molecule has 1 amide bonds. The fraction of sp³-hybridized carbons (Fsp3) is 0.188. The van der Waals surface area contributed by atoms with Crippen molar-refractivity contribution < 1.29 is 13.6 Å². The Morgan fingerprint density at radius 1 is 1.14 bits per heavy atom. The number of halogens is 2. The number of aryl methyl sites for hydroxylation is 1. The second kappa shape index (κ2) is 6.83. The smallest absolute Gasteiger partial charge is 0.220 e. The second-order valence-corrected chi connectivity index (χ2v) is 4.76. The van der Waals surface area contributed by atoms with Crippen LogP contribution in [0.15, 0.2) is 42.5 Å². The number of anilines is 1. The van der Waals surface area contributed by atoms with Gasteiger partial charge in [-0.2, -0.15) is 0 Å². The lowest BCUT2D eigenvalue weighted by atomic mass is 10.1. The summed E-state index contributed by atoms with van der Waals surface area (Å²) in [7, 11) is 0. The van der Waals surface area contributed by atoms with Gasteiger partial charge < -0.3 is 11.1 Å². The summed E-state index contributed by atoms with van der Waals surface area (Å²) in [5.74, 6) is -1.49. The molecule has 0 bridgehead atoms. The fourth-order valence-electron chi connectivity index (χ4n) is 1.95. The van der Waals surface area contributed by atoms with Gasteiger partial charge in [0.2, 0.25) is 5.91 Å². The third kappa shape index (κ3) is 4.56. The van der Waals surface area contributed by atoms with E-state index in [0.29, 0.717) is 12.1 Å². The highest BCUT2D eigenvalue weighted by Crippen LogP contribution is 2.10. The first-order valence-electron chi connectivity index (χ1n) is 6.59. The highest BCUT2D eigenvalue weighted by atomic mass is 19.1. The molecule has 0 fully saturated rings. The van der Waals surface area contributed by atoms with Crippen molar-refractivity contribution in [2.75, 3.05) is 5.73 Å². The van der Waals surface area contributed by atoms with E-state index < -0.39 is 11.6 Å². The van der Waals surface area contributed by atoms with Gasteiger partial charge in [-0.05, 0) is 30.2 Å². The van der Waals surface area contributed by atoms with E-state index in [-0.39, 0.29) is 24.4 Å². The largest absolute Gasteiger partial charge is 0.399 e. The van der Waals surface area contributed by atoms with Crippen LogP contribution in [-0.2, 0) is 17.8 Å². The quantitative estimate of drug-likeness (QED) is 0.832. The zero-order valence-electron chi connectivity index (χ0n) is 11.4. The molecule has 0 heterocycles. The van der Waals surface area contributed by atoms with Crippen LogP contribution in [0.25, 0.3) is 0 Å². The van der Waals surface area contributed by atoms with E-state index >= 15 is 0 Å². The van der Waals surface area contributed by atoms with Gasteiger partial charge >= 0.3 is 0 Å². The lowest BCUT2D eigenvalue weighted by Crippen LogP contribution is -2.23. The summed E-state index contributed by atoms with van der Waals surface area (Å²) in [4.78, 5) is 11.7. The van der Waals surface area contributed by atoms with Gasteiger partial charge in [0.15, 0.2) is 0 Å². The molecule has 0 radical (unpaired) electrons. The van der Waals surface area contributed by atoms with Gasteiger partial charge in [-0.15, -0.1) is 0 Å². The van der Waals surface area contributed by atoms with Gasteiger partial charge in [-0.25, -0.2) is 8.78 Å². The minimum absolute atomic E-state index is 0.0435. The van der Waals surface area contributed by atoms with E-state index in [0.717, 1.165) is 17.7 Å². The molecule has 2 aromatic rings. The van der Waals surface area contributed by atoms with Gasteiger partial charge in [0.1, 0.15) is 11.6 Å². The molecule has 0 saturated heterocycles. The van der Waals surface area contributed by atoms with E-state index in [1.54, 1.807) is 6.07 Å². The standard InChI is InChI=1S/C16H16F2N2O/c17-13-6-5-12(15(18)9-13)10-20-16(21)7-4-11-2-1-3-14(19)8-11/h1-3,5-6,8-9H,4,7,10,19H2,(H,20,21). The summed E-state index contributed by atoms with van der Waals surface area (Å²) in [5, 5.41) is 2.61. The van der Waals surface area contributed by atoms with Crippen LogP contribution in [0.1, 0.15) is 17.5 Å². The average Bonchev–Trinajstić information content (AvgIpc) is 2.44. The molecule has 0 atom stereocenters. The van der Waals surface area contributed by atoms with Crippen LogP contribution in [0.3, 0.4) is 0 Å². The molecule has 0 saturated carbocycles. The highest BCUT2D eigenvalue weighted by molar-refractivity contribution is 5.76. The Morgan fingerprint density at radius 2 is 1.95 bits per heavy atom. The summed E-state index contributed by atoms with van der Waals surface area (Å²) in [5.41, 5.74) is 7.54. The zero-order chi connectivity index (χ0) is 15.2. The highest BCUT2D eigenvalue weighted by Gasteiger charge is 2.06. The Kier molecular flexibility index (Phi) is 4.87. The first-order valence-corrected chi connectivity index (χ1v) is 6.59. The number of nitrogen functional groups attached to an aromatic ring is 1. The Bertz CT molecular complexity index is 644. The lowest BCUT2D eigenvalue weighted by molar-refractivity contribution is -0.121. The summed E-state index contributed by atoms with van der Waals surface area (Å²) >= 11 is 0. The van der Waals surface area contributed by atoms with Crippen LogP contribution in [-0.4, -0.2) is 5.91 Å². The van der Waals surface area contributed by atoms with E-state index in [2.05, 4.69) is 5.32 Å². The maximum absolute atomic E-state index is 13.4. The first kappa shape index (κ1) is 15.0. The number of hydrogen-bond acceptors (Lipinski definition) is 2. The van der Waals surface area contributed by atoms with Crippen LogP contribution < -0.4 is 11.1 Å². The van der Waals surface area contributed by atoms with Crippen molar-refractivity contribution in [2.45, 2.75) is 19.4 Å². The van der Waals surface area contributed by atoms with Crippen LogP contribution in [0.5, 0.6) is 0 Å². The molecule has 3 nitrogen and oxygen atoms in total. The molecule has 2 rings (SSSR count). The van der Waals surface area contributed by atoms with Crippen molar-refractivity contribution in [1.29, 1.82) is 0 Å². The Hall–Kier alpha value is -2.43. The lowest BCUT2D eigenvalue weighted by Gasteiger charge is -2.07. The van der Waals surface area contributed by atoms with E-state index in [1.807, 2.05) is 18.2 Å². The third-order valence-electron chi connectivity index (χ3n) is 3.08. The van der Waals surface area contributed by atoms with Gasteiger partial charge in [0.05, 0.1) is 0 Å². The second-order valence-electron chi connectivity index (χ2n) is 4.76. The minimum Gasteiger partial charge on any atom is -0.399 e. The molecule has 21 heavy (non-hydrogen) atoms. The van der Waals surface area contributed by atoms with Gasteiger partial charge in [-0.3, -0.25) is 4.79 Å². The van der Waals surface area contributed by atoms with E-state index in [4.69, 9.17) is 5.73 Å². The van der Waals surface area contributed by atoms with Crippen molar-refractivity contribution in [3.63, 3.8) is 0 Å². The monoisotopic (exact) mass is 290 g/mol. The number of nitrogens with one attached hydrogen (secondary N) is 1. The van der Waals surface area contributed by atoms with E-state index in [1.165, 1.54) is 6.07 Å². The molecular weight excluding hydrogens is 274 g/mol. The fourth-order valence-corrected chi connectivity index (χ4v) is 1.95. The number of nitrogens with two attached hydrogens (primary N) is 1. The molecule has 0 aliphatic carbocycles. The number of carbonyl (C=O) groups excluding carboxylic acids is 1. The summed E-state index contributed by atoms with van der Waals surface area (Å²) in [6.45, 7) is 0.0435. The molecule has 5 heteroatoms. The summed E-state index contributed by atoms with van der Waals surface area (Å²) in [6.07, 6.45) is 0.842. The van der Waals surface area contributed by atoms with Crippen molar-refractivity contribution in [3.8, 4) is 0 Å². The predicted molar refractivity (Wildman–Crippen MR) is 77.4 cm³/mol. The Balaban J connectivity index is 1.82. The van der Waals surface area contributed by atoms with Crippen molar-refractivity contribution >= 4 is 11.6 Å². The summed E-state index contributed by atoms with van der Waals surface area (Å²) in [6, 6.07) is 10.6. The molecule has 110 valence electrons. The van der Waals surface area contributed by atoms with Crippen LogP contribution >= 0.6 is 0 Å². The maximum Gasteiger partial charge on any atom is 0.220 e. The maximum atomic E-state index is 13.4. The van der Waals surface area contributed by atoms with E-state index in [9.17, 15) is 13.6 Å². The van der Waals surface area contributed by atoms with Crippen molar-refractivity contribution in [3.05, 3.63) is 65.2 Å². The number of amides is 1. The van der Waals surface area contributed by atoms with Gasteiger partial charge in [-0.1, -0.05) is 18.2 Å². The average molecular weight is 290 g/mol. The molecule has 0 spiro atoms. The minimum atomic E-state index is -0.661.